The van der Waals surface area contributed by atoms with E-state index in [-0.39, 0.29) is 0 Å². The lowest BCUT2D eigenvalue weighted by molar-refractivity contribution is 1.27. The SMILES string of the molecule is CNc1cccc(Sc2ccc(C)c(C)c2)c1. The third-order valence-electron chi connectivity index (χ3n) is 2.84. The lowest BCUT2D eigenvalue weighted by Gasteiger charge is -2.06. The average molecular weight is 243 g/mol. The summed E-state index contributed by atoms with van der Waals surface area (Å²) >= 11 is 1.80. The minimum Gasteiger partial charge on any atom is -0.388 e. The van der Waals surface area contributed by atoms with Crippen molar-refractivity contribution in [3.63, 3.8) is 0 Å². The molecule has 0 heterocycles. The van der Waals surface area contributed by atoms with Crippen LogP contribution in [-0.2, 0) is 0 Å². The molecular formula is C15H17NS. The standard InChI is InChI=1S/C15H17NS/c1-11-7-8-15(9-12(11)2)17-14-6-4-5-13(10-14)16-3/h4-10,16H,1-3H3. The van der Waals surface area contributed by atoms with Crippen LogP contribution in [0, 0.1) is 13.8 Å². The second-order valence-corrected chi connectivity index (χ2v) is 5.27. The molecule has 17 heavy (non-hydrogen) atoms. The summed E-state index contributed by atoms with van der Waals surface area (Å²) in [6.45, 7) is 4.30. The van der Waals surface area contributed by atoms with Crippen LogP contribution in [0.25, 0.3) is 0 Å². The van der Waals surface area contributed by atoms with Crippen molar-refractivity contribution in [1.29, 1.82) is 0 Å². The predicted molar refractivity (Wildman–Crippen MR) is 76.0 cm³/mol. The monoisotopic (exact) mass is 243 g/mol. The second kappa shape index (κ2) is 5.28. The Bertz CT molecular complexity index is 520. The zero-order valence-electron chi connectivity index (χ0n) is 10.4. The van der Waals surface area contributed by atoms with Gasteiger partial charge in [-0.05, 0) is 55.3 Å². The van der Waals surface area contributed by atoms with Crippen LogP contribution in [0.4, 0.5) is 5.69 Å². The van der Waals surface area contributed by atoms with E-state index in [1.54, 1.807) is 11.8 Å². The lowest BCUT2D eigenvalue weighted by Crippen LogP contribution is -1.87. The molecule has 2 aromatic rings. The van der Waals surface area contributed by atoms with E-state index in [4.69, 9.17) is 0 Å². The summed E-state index contributed by atoms with van der Waals surface area (Å²) in [7, 11) is 1.94. The highest BCUT2D eigenvalue weighted by Crippen LogP contribution is 2.30. The molecule has 0 amide bonds. The summed E-state index contributed by atoms with van der Waals surface area (Å²) < 4.78 is 0. The van der Waals surface area contributed by atoms with Gasteiger partial charge in [-0.1, -0.05) is 23.9 Å². The van der Waals surface area contributed by atoms with Crippen molar-refractivity contribution in [2.75, 3.05) is 12.4 Å². The van der Waals surface area contributed by atoms with Crippen molar-refractivity contribution < 1.29 is 0 Å². The largest absolute Gasteiger partial charge is 0.388 e. The molecule has 0 unspecified atom stereocenters. The second-order valence-electron chi connectivity index (χ2n) is 4.13. The van der Waals surface area contributed by atoms with Crippen LogP contribution in [0.1, 0.15) is 11.1 Å². The summed E-state index contributed by atoms with van der Waals surface area (Å²) in [5, 5.41) is 3.16. The van der Waals surface area contributed by atoms with Gasteiger partial charge in [-0.15, -0.1) is 0 Å². The van der Waals surface area contributed by atoms with E-state index in [9.17, 15) is 0 Å². The number of anilines is 1. The van der Waals surface area contributed by atoms with E-state index in [0.29, 0.717) is 0 Å². The van der Waals surface area contributed by atoms with Gasteiger partial charge in [0.2, 0.25) is 0 Å². The van der Waals surface area contributed by atoms with Gasteiger partial charge in [0.15, 0.2) is 0 Å². The molecule has 2 aromatic carbocycles. The topological polar surface area (TPSA) is 12.0 Å². The zero-order chi connectivity index (χ0) is 12.3. The van der Waals surface area contributed by atoms with Gasteiger partial charge in [-0.3, -0.25) is 0 Å². The molecule has 0 fully saturated rings. The van der Waals surface area contributed by atoms with Gasteiger partial charge in [0.1, 0.15) is 0 Å². The summed E-state index contributed by atoms with van der Waals surface area (Å²) in [4.78, 5) is 2.56. The Labute approximate surface area is 107 Å². The molecule has 0 atom stereocenters. The number of hydrogen-bond donors (Lipinski definition) is 1. The van der Waals surface area contributed by atoms with E-state index in [1.165, 1.54) is 20.9 Å². The zero-order valence-corrected chi connectivity index (χ0v) is 11.3. The number of hydrogen-bond acceptors (Lipinski definition) is 2. The molecule has 0 saturated heterocycles. The quantitative estimate of drug-likeness (QED) is 0.852. The molecule has 0 aliphatic rings. The first kappa shape index (κ1) is 12.1. The Morgan fingerprint density at radius 3 is 2.35 bits per heavy atom. The molecule has 2 heteroatoms. The molecule has 0 saturated carbocycles. The highest BCUT2D eigenvalue weighted by molar-refractivity contribution is 7.99. The number of benzene rings is 2. The van der Waals surface area contributed by atoms with E-state index in [1.807, 2.05) is 7.05 Å². The Kier molecular flexibility index (Phi) is 3.75. The maximum Gasteiger partial charge on any atom is 0.0348 e. The third kappa shape index (κ3) is 3.04. The van der Waals surface area contributed by atoms with Crippen LogP contribution < -0.4 is 5.32 Å². The molecule has 1 nitrogen and oxygen atoms in total. The number of rotatable bonds is 3. The first-order chi connectivity index (χ1) is 8.19. The Morgan fingerprint density at radius 2 is 1.65 bits per heavy atom. The average Bonchev–Trinajstić information content (AvgIpc) is 2.34. The highest BCUT2D eigenvalue weighted by Gasteiger charge is 2.00. The van der Waals surface area contributed by atoms with Crippen LogP contribution in [0.15, 0.2) is 52.3 Å². The maximum absolute atomic E-state index is 3.16. The first-order valence-corrected chi connectivity index (χ1v) is 6.53. The van der Waals surface area contributed by atoms with Crippen LogP contribution in [0.3, 0.4) is 0 Å². The first-order valence-electron chi connectivity index (χ1n) is 5.72. The molecule has 0 bridgehead atoms. The molecule has 0 spiro atoms. The van der Waals surface area contributed by atoms with Crippen LogP contribution >= 0.6 is 11.8 Å². The van der Waals surface area contributed by atoms with Crippen molar-refractivity contribution in [3.8, 4) is 0 Å². The van der Waals surface area contributed by atoms with E-state index in [0.717, 1.165) is 5.69 Å². The third-order valence-corrected chi connectivity index (χ3v) is 3.82. The van der Waals surface area contributed by atoms with Crippen molar-refractivity contribution in [3.05, 3.63) is 53.6 Å². The van der Waals surface area contributed by atoms with E-state index < -0.39 is 0 Å². The summed E-state index contributed by atoms with van der Waals surface area (Å²) in [6, 6.07) is 15.1. The molecular weight excluding hydrogens is 226 g/mol. The van der Waals surface area contributed by atoms with E-state index >= 15 is 0 Å². The molecule has 0 aliphatic carbocycles. The van der Waals surface area contributed by atoms with Gasteiger partial charge in [-0.25, -0.2) is 0 Å². The van der Waals surface area contributed by atoms with Gasteiger partial charge in [0.05, 0.1) is 0 Å². The Hall–Kier alpha value is -1.41. The van der Waals surface area contributed by atoms with Crippen LogP contribution in [0.2, 0.25) is 0 Å². The molecule has 88 valence electrons. The van der Waals surface area contributed by atoms with Crippen molar-refractivity contribution >= 4 is 17.4 Å². The van der Waals surface area contributed by atoms with Crippen molar-refractivity contribution in [1.82, 2.24) is 0 Å². The fraction of sp³-hybridized carbons (Fsp3) is 0.200. The summed E-state index contributed by atoms with van der Waals surface area (Å²) in [5.74, 6) is 0. The van der Waals surface area contributed by atoms with Crippen molar-refractivity contribution in [2.45, 2.75) is 23.6 Å². The minimum atomic E-state index is 1.15. The normalized spacial score (nSPS) is 10.3. The van der Waals surface area contributed by atoms with E-state index in [2.05, 4.69) is 61.6 Å². The summed E-state index contributed by atoms with van der Waals surface area (Å²) in [6.07, 6.45) is 0. The fourth-order valence-electron chi connectivity index (χ4n) is 1.63. The Morgan fingerprint density at radius 1 is 0.882 bits per heavy atom. The molecule has 0 aromatic heterocycles. The maximum atomic E-state index is 3.16. The predicted octanol–water partition coefficient (Wildman–Crippen LogP) is 4.50. The van der Waals surface area contributed by atoms with Gasteiger partial charge in [-0.2, -0.15) is 0 Å². The molecule has 2 rings (SSSR count). The van der Waals surface area contributed by atoms with Gasteiger partial charge >= 0.3 is 0 Å². The van der Waals surface area contributed by atoms with Gasteiger partial charge in [0, 0.05) is 22.5 Å². The molecule has 0 radical (unpaired) electrons. The molecule has 0 aliphatic heterocycles. The highest BCUT2D eigenvalue weighted by atomic mass is 32.2. The van der Waals surface area contributed by atoms with Gasteiger partial charge in [0.25, 0.3) is 0 Å². The van der Waals surface area contributed by atoms with Crippen molar-refractivity contribution in [2.24, 2.45) is 0 Å². The van der Waals surface area contributed by atoms with Crippen LogP contribution in [-0.4, -0.2) is 7.05 Å². The molecule has 1 N–H and O–H groups in total. The summed E-state index contributed by atoms with van der Waals surface area (Å²) in [5.41, 5.74) is 3.84. The number of nitrogens with one attached hydrogen (secondary N) is 1. The minimum absolute atomic E-state index is 1.15. The number of aryl methyl sites for hydroxylation is 2. The smallest absolute Gasteiger partial charge is 0.0348 e. The van der Waals surface area contributed by atoms with Gasteiger partial charge < -0.3 is 5.32 Å². The van der Waals surface area contributed by atoms with Crippen LogP contribution in [0.5, 0.6) is 0 Å². The Balaban J connectivity index is 2.22. The lowest BCUT2D eigenvalue weighted by atomic mass is 10.1. The fourth-order valence-corrected chi connectivity index (χ4v) is 2.61.